The molecule has 0 radical (unpaired) electrons. The van der Waals surface area contributed by atoms with Crippen molar-refractivity contribution in [1.29, 1.82) is 0 Å². The summed E-state index contributed by atoms with van der Waals surface area (Å²) in [6.07, 6.45) is 1.74. The molecular weight excluding hydrogens is 453 g/mol. The van der Waals surface area contributed by atoms with Crippen LogP contribution in [0.4, 0.5) is 0 Å². The number of aliphatic imine (C=N–C) groups is 1. The summed E-state index contributed by atoms with van der Waals surface area (Å²) in [5, 5.41) is 6.64. The van der Waals surface area contributed by atoms with Crippen LogP contribution >= 0.6 is 24.0 Å². The third-order valence-corrected chi connectivity index (χ3v) is 3.72. The smallest absolute Gasteiger partial charge is 0.191 e. The number of rotatable bonds is 9. The lowest BCUT2D eigenvalue weighted by Crippen LogP contribution is -2.36. The summed E-state index contributed by atoms with van der Waals surface area (Å²) in [5.41, 5.74) is 2.15. The Morgan fingerprint density at radius 1 is 0.963 bits per heavy atom. The van der Waals surface area contributed by atoms with E-state index in [1.54, 1.807) is 13.1 Å². The molecule has 146 valence electrons. The van der Waals surface area contributed by atoms with Crippen molar-refractivity contribution >= 4 is 29.9 Å². The molecule has 0 aromatic heterocycles. The Morgan fingerprint density at radius 3 is 1.96 bits per heavy atom. The van der Waals surface area contributed by atoms with Crippen LogP contribution in [0.5, 0.6) is 11.5 Å². The fraction of sp³-hybridized carbons (Fsp3) is 0.286. The molecule has 2 N–H and O–H groups in total. The molecule has 0 unspecified atom stereocenters. The third-order valence-electron chi connectivity index (χ3n) is 3.72. The molecule has 2 rings (SSSR count). The Kier molecular flexibility index (Phi) is 11.0. The van der Waals surface area contributed by atoms with Gasteiger partial charge in [0.15, 0.2) is 5.96 Å². The highest BCUT2D eigenvalue weighted by atomic mass is 127. The molecule has 0 aliphatic heterocycles. The maximum Gasteiger partial charge on any atom is 0.191 e. The Labute approximate surface area is 178 Å². The molecule has 0 amide bonds. The van der Waals surface area contributed by atoms with Crippen molar-refractivity contribution in [2.75, 3.05) is 20.3 Å². The van der Waals surface area contributed by atoms with Gasteiger partial charge in [-0.2, -0.15) is 0 Å². The minimum atomic E-state index is 0. The molecule has 2 aromatic carbocycles. The largest absolute Gasteiger partial charge is 0.494 e. The van der Waals surface area contributed by atoms with E-state index in [1.165, 1.54) is 0 Å². The second-order valence-electron chi connectivity index (χ2n) is 5.53. The number of halogens is 1. The molecule has 5 nitrogen and oxygen atoms in total. The van der Waals surface area contributed by atoms with Crippen LogP contribution in [0.15, 0.2) is 66.2 Å². The van der Waals surface area contributed by atoms with Gasteiger partial charge in [-0.1, -0.05) is 49.1 Å². The summed E-state index contributed by atoms with van der Waals surface area (Å²) < 4.78 is 11.3. The molecule has 6 heteroatoms. The van der Waals surface area contributed by atoms with Crippen LogP contribution in [0.1, 0.15) is 18.1 Å². The van der Waals surface area contributed by atoms with Crippen molar-refractivity contribution in [1.82, 2.24) is 10.6 Å². The summed E-state index contributed by atoms with van der Waals surface area (Å²) in [6, 6.07) is 15.9. The number of hydrogen-bond donors (Lipinski definition) is 2. The second-order valence-corrected chi connectivity index (χ2v) is 5.53. The highest BCUT2D eigenvalue weighted by molar-refractivity contribution is 14.0. The quantitative estimate of drug-likeness (QED) is 0.245. The average molecular weight is 481 g/mol. The van der Waals surface area contributed by atoms with Gasteiger partial charge in [-0.05, 0) is 19.1 Å². The monoisotopic (exact) mass is 481 g/mol. The van der Waals surface area contributed by atoms with Gasteiger partial charge in [0.1, 0.15) is 18.1 Å². The highest BCUT2D eigenvalue weighted by Crippen LogP contribution is 2.18. The van der Waals surface area contributed by atoms with Crippen molar-refractivity contribution in [2.45, 2.75) is 20.0 Å². The lowest BCUT2D eigenvalue weighted by atomic mass is 10.2. The van der Waals surface area contributed by atoms with Gasteiger partial charge in [0, 0.05) is 31.3 Å². The summed E-state index contributed by atoms with van der Waals surface area (Å²) >= 11 is 0. The minimum Gasteiger partial charge on any atom is -0.494 e. The van der Waals surface area contributed by atoms with Gasteiger partial charge in [-0.25, -0.2) is 0 Å². The molecule has 2 aromatic rings. The summed E-state index contributed by atoms with van der Waals surface area (Å²) in [6.45, 7) is 8.04. The van der Waals surface area contributed by atoms with E-state index < -0.39 is 0 Å². The second kappa shape index (κ2) is 13.0. The van der Waals surface area contributed by atoms with Crippen molar-refractivity contribution in [3.8, 4) is 11.5 Å². The van der Waals surface area contributed by atoms with Gasteiger partial charge in [0.25, 0.3) is 0 Å². The number of nitrogens with zero attached hydrogens (tertiary/aromatic N) is 1. The summed E-state index contributed by atoms with van der Waals surface area (Å²) in [7, 11) is 1.75. The molecule has 0 heterocycles. The Bertz CT molecular complexity index is 735. The zero-order chi connectivity index (χ0) is 18.6. The SMILES string of the molecule is C=CCOc1ccccc1CNC(=NC)NCc1ccccc1OCC.I. The van der Waals surface area contributed by atoms with E-state index in [2.05, 4.69) is 22.2 Å². The highest BCUT2D eigenvalue weighted by Gasteiger charge is 2.06. The molecule has 0 saturated carbocycles. The van der Waals surface area contributed by atoms with E-state index in [0.717, 1.165) is 28.6 Å². The first-order chi connectivity index (χ1) is 12.8. The normalized spacial score (nSPS) is 10.5. The molecule has 27 heavy (non-hydrogen) atoms. The molecule has 0 spiro atoms. The van der Waals surface area contributed by atoms with Crippen LogP contribution in [0.25, 0.3) is 0 Å². The zero-order valence-corrected chi connectivity index (χ0v) is 18.2. The van der Waals surface area contributed by atoms with Gasteiger partial charge in [-0.3, -0.25) is 4.99 Å². The standard InChI is InChI=1S/C21H27N3O2.HI/c1-4-14-26-20-13-9-7-11-18(20)16-24-21(22-3)23-15-17-10-6-8-12-19(17)25-5-2;/h4,6-13H,1,5,14-16H2,2-3H3,(H2,22,23,24);1H. The van der Waals surface area contributed by atoms with E-state index >= 15 is 0 Å². The molecule has 0 aliphatic rings. The summed E-state index contributed by atoms with van der Waals surface area (Å²) in [4.78, 5) is 4.28. The first kappa shape index (κ1) is 22.8. The van der Waals surface area contributed by atoms with Crippen LogP contribution < -0.4 is 20.1 Å². The van der Waals surface area contributed by atoms with Crippen LogP contribution in [0.2, 0.25) is 0 Å². The molecule has 0 fully saturated rings. The van der Waals surface area contributed by atoms with Crippen molar-refractivity contribution < 1.29 is 9.47 Å². The van der Waals surface area contributed by atoms with E-state index in [9.17, 15) is 0 Å². The number of ether oxygens (including phenoxy) is 2. The predicted molar refractivity (Wildman–Crippen MR) is 122 cm³/mol. The number of hydrogen-bond acceptors (Lipinski definition) is 3. The molecule has 0 atom stereocenters. The number of guanidine groups is 1. The molecular formula is C21H28IN3O2. The fourth-order valence-electron chi connectivity index (χ4n) is 2.46. The van der Waals surface area contributed by atoms with Gasteiger partial charge < -0.3 is 20.1 Å². The number of para-hydroxylation sites is 2. The first-order valence-electron chi connectivity index (χ1n) is 8.75. The topological polar surface area (TPSA) is 54.9 Å². The van der Waals surface area contributed by atoms with Crippen molar-refractivity contribution in [3.63, 3.8) is 0 Å². The van der Waals surface area contributed by atoms with Crippen molar-refractivity contribution in [3.05, 3.63) is 72.3 Å². The zero-order valence-electron chi connectivity index (χ0n) is 15.9. The molecule has 0 bridgehead atoms. The molecule has 0 aliphatic carbocycles. The van der Waals surface area contributed by atoms with Crippen LogP contribution in [-0.4, -0.2) is 26.2 Å². The van der Waals surface area contributed by atoms with Crippen LogP contribution in [0, 0.1) is 0 Å². The Morgan fingerprint density at radius 2 is 1.48 bits per heavy atom. The average Bonchev–Trinajstić information content (AvgIpc) is 2.68. The molecule has 0 saturated heterocycles. The van der Waals surface area contributed by atoms with Gasteiger partial charge in [-0.15, -0.1) is 24.0 Å². The van der Waals surface area contributed by atoms with E-state index in [-0.39, 0.29) is 24.0 Å². The maximum absolute atomic E-state index is 5.69. The van der Waals surface area contributed by atoms with Crippen molar-refractivity contribution in [2.24, 2.45) is 4.99 Å². The maximum atomic E-state index is 5.69. The first-order valence-corrected chi connectivity index (χ1v) is 8.75. The number of nitrogens with one attached hydrogen (secondary N) is 2. The van der Waals surface area contributed by atoms with Crippen LogP contribution in [0.3, 0.4) is 0 Å². The minimum absolute atomic E-state index is 0. The third kappa shape index (κ3) is 7.50. The van der Waals surface area contributed by atoms with Crippen LogP contribution in [-0.2, 0) is 13.1 Å². The summed E-state index contributed by atoms with van der Waals surface area (Å²) in [5.74, 6) is 2.45. The number of benzene rings is 2. The predicted octanol–water partition coefficient (Wildman–Crippen LogP) is 4.13. The van der Waals surface area contributed by atoms with E-state index in [1.807, 2.05) is 55.5 Å². The van der Waals surface area contributed by atoms with Gasteiger partial charge in [0.05, 0.1) is 6.61 Å². The van der Waals surface area contributed by atoms with E-state index in [4.69, 9.17) is 9.47 Å². The van der Waals surface area contributed by atoms with E-state index in [0.29, 0.717) is 26.3 Å². The van der Waals surface area contributed by atoms with Gasteiger partial charge >= 0.3 is 0 Å². The Hall–Kier alpha value is -2.22. The fourth-order valence-corrected chi connectivity index (χ4v) is 2.46. The lowest BCUT2D eigenvalue weighted by Gasteiger charge is -2.15. The van der Waals surface area contributed by atoms with Gasteiger partial charge in [0.2, 0.25) is 0 Å². The lowest BCUT2D eigenvalue weighted by molar-refractivity contribution is 0.336. The Balaban J connectivity index is 0.00000364.